The van der Waals surface area contributed by atoms with Gasteiger partial charge in [0.1, 0.15) is 6.04 Å². The van der Waals surface area contributed by atoms with Crippen molar-refractivity contribution in [1.82, 2.24) is 9.88 Å². The van der Waals surface area contributed by atoms with Crippen LogP contribution in [0.3, 0.4) is 0 Å². The number of rotatable bonds is 1. The van der Waals surface area contributed by atoms with E-state index in [1.54, 1.807) is 26.6 Å². The summed E-state index contributed by atoms with van der Waals surface area (Å²) in [7, 11) is 0. The van der Waals surface area contributed by atoms with Gasteiger partial charge < -0.3 is 9.80 Å². The smallest absolute Gasteiger partial charge is 0.249 e. The summed E-state index contributed by atoms with van der Waals surface area (Å²) in [5.41, 5.74) is 3.63. The molecule has 2 amide bonds. The number of benzene rings is 1. The fourth-order valence-electron chi connectivity index (χ4n) is 3.23. The van der Waals surface area contributed by atoms with E-state index in [4.69, 9.17) is 0 Å². The molecule has 0 bridgehead atoms. The van der Waals surface area contributed by atoms with E-state index >= 15 is 0 Å². The van der Waals surface area contributed by atoms with Crippen LogP contribution in [0.2, 0.25) is 0 Å². The van der Waals surface area contributed by atoms with E-state index in [-0.39, 0.29) is 17.9 Å². The minimum Gasteiger partial charge on any atom is -0.331 e. The Morgan fingerprint density at radius 3 is 3.05 bits per heavy atom. The molecule has 21 heavy (non-hydrogen) atoms. The van der Waals surface area contributed by atoms with E-state index in [0.717, 1.165) is 35.3 Å². The van der Waals surface area contributed by atoms with Gasteiger partial charge >= 0.3 is 0 Å². The number of thiazole rings is 1. The zero-order valence-corrected chi connectivity index (χ0v) is 12.3. The highest BCUT2D eigenvalue weighted by molar-refractivity contribution is 7.16. The Morgan fingerprint density at radius 1 is 1.24 bits per heavy atom. The van der Waals surface area contributed by atoms with Crippen molar-refractivity contribution < 1.29 is 9.59 Å². The third-order valence-corrected chi connectivity index (χ3v) is 5.09. The highest BCUT2D eigenvalue weighted by Crippen LogP contribution is 2.29. The molecule has 2 saturated heterocycles. The van der Waals surface area contributed by atoms with E-state index < -0.39 is 0 Å². The summed E-state index contributed by atoms with van der Waals surface area (Å²) in [5.74, 6) is 0.162. The summed E-state index contributed by atoms with van der Waals surface area (Å²) in [5, 5.41) is 0. The second-order valence-corrected chi connectivity index (χ2v) is 6.38. The third kappa shape index (κ3) is 2.01. The van der Waals surface area contributed by atoms with Crippen molar-refractivity contribution in [2.24, 2.45) is 0 Å². The first-order chi connectivity index (χ1) is 10.2. The molecule has 0 radical (unpaired) electrons. The van der Waals surface area contributed by atoms with Gasteiger partial charge in [0.05, 0.1) is 15.7 Å². The highest BCUT2D eigenvalue weighted by Gasteiger charge is 2.39. The Balaban J connectivity index is 1.72. The van der Waals surface area contributed by atoms with Crippen LogP contribution in [0, 0.1) is 0 Å². The zero-order chi connectivity index (χ0) is 14.4. The first-order valence-electron chi connectivity index (χ1n) is 7.18. The van der Waals surface area contributed by atoms with Crippen LogP contribution in [0.1, 0.15) is 19.3 Å². The van der Waals surface area contributed by atoms with Crippen molar-refractivity contribution >= 4 is 39.1 Å². The van der Waals surface area contributed by atoms with Crippen LogP contribution >= 0.6 is 11.3 Å². The van der Waals surface area contributed by atoms with Crippen LogP contribution in [0.15, 0.2) is 23.7 Å². The Labute approximate surface area is 126 Å². The molecule has 2 aromatic rings. The number of nitrogens with zero attached hydrogens (tertiary/aromatic N) is 3. The van der Waals surface area contributed by atoms with E-state index in [0.29, 0.717) is 13.0 Å². The molecule has 0 aliphatic carbocycles. The fraction of sp³-hybridized carbons (Fsp3) is 0.400. The minimum atomic E-state index is -0.267. The molecule has 3 heterocycles. The van der Waals surface area contributed by atoms with E-state index in [1.165, 1.54) is 0 Å². The lowest BCUT2D eigenvalue weighted by Gasteiger charge is -2.25. The number of carbonyl (C=O) groups excluding carboxylic acids is 2. The molecule has 108 valence electrons. The quantitative estimate of drug-likeness (QED) is 0.810. The van der Waals surface area contributed by atoms with Gasteiger partial charge in [-0.3, -0.25) is 9.59 Å². The van der Waals surface area contributed by atoms with Gasteiger partial charge in [0.2, 0.25) is 11.8 Å². The SMILES string of the molecule is O=C1C2CCCN2C(=O)CCN1c1ccc2ncsc2c1. The van der Waals surface area contributed by atoms with Gasteiger partial charge in [0, 0.05) is 25.2 Å². The van der Waals surface area contributed by atoms with Crippen molar-refractivity contribution in [3.05, 3.63) is 23.7 Å². The van der Waals surface area contributed by atoms with Gasteiger partial charge in [-0.1, -0.05) is 0 Å². The molecule has 2 aliphatic heterocycles. The predicted octanol–water partition coefficient (Wildman–Crippen LogP) is 2.02. The van der Waals surface area contributed by atoms with E-state index in [9.17, 15) is 9.59 Å². The summed E-state index contributed by atoms with van der Waals surface area (Å²) in [6, 6.07) is 5.60. The second kappa shape index (κ2) is 4.80. The molecule has 1 aromatic carbocycles. The van der Waals surface area contributed by atoms with Crippen LogP contribution in [-0.2, 0) is 9.59 Å². The molecule has 2 fully saturated rings. The summed E-state index contributed by atoms with van der Waals surface area (Å²) in [6.07, 6.45) is 2.11. The summed E-state index contributed by atoms with van der Waals surface area (Å²) < 4.78 is 1.07. The van der Waals surface area contributed by atoms with E-state index in [1.807, 2.05) is 18.2 Å². The lowest BCUT2D eigenvalue weighted by atomic mass is 10.2. The highest BCUT2D eigenvalue weighted by atomic mass is 32.1. The molecule has 4 rings (SSSR count). The maximum atomic E-state index is 12.8. The number of fused-ring (bicyclic) bond motifs is 2. The van der Waals surface area contributed by atoms with Crippen LogP contribution in [0.4, 0.5) is 5.69 Å². The lowest BCUT2D eigenvalue weighted by Crippen LogP contribution is -2.43. The monoisotopic (exact) mass is 301 g/mol. The van der Waals surface area contributed by atoms with Gasteiger partial charge in [-0.15, -0.1) is 11.3 Å². The number of anilines is 1. The summed E-state index contributed by atoms with van der Waals surface area (Å²) in [6.45, 7) is 1.19. The van der Waals surface area contributed by atoms with Gasteiger partial charge in [0.15, 0.2) is 0 Å². The topological polar surface area (TPSA) is 53.5 Å². The van der Waals surface area contributed by atoms with Crippen LogP contribution in [0.25, 0.3) is 10.2 Å². The Hall–Kier alpha value is -1.95. The van der Waals surface area contributed by atoms with Crippen LogP contribution in [-0.4, -0.2) is 40.8 Å². The molecule has 0 saturated carbocycles. The number of amides is 2. The summed E-state index contributed by atoms with van der Waals surface area (Å²) in [4.78, 5) is 32.7. The third-order valence-electron chi connectivity index (χ3n) is 4.30. The maximum Gasteiger partial charge on any atom is 0.249 e. The number of aromatic nitrogens is 1. The molecule has 0 N–H and O–H groups in total. The largest absolute Gasteiger partial charge is 0.331 e. The van der Waals surface area contributed by atoms with Gasteiger partial charge in [-0.25, -0.2) is 4.98 Å². The first-order valence-corrected chi connectivity index (χ1v) is 8.06. The zero-order valence-electron chi connectivity index (χ0n) is 11.5. The van der Waals surface area contributed by atoms with E-state index in [2.05, 4.69) is 4.98 Å². The van der Waals surface area contributed by atoms with Gasteiger partial charge in [-0.2, -0.15) is 0 Å². The van der Waals surface area contributed by atoms with Gasteiger partial charge in [0.25, 0.3) is 0 Å². The van der Waals surface area contributed by atoms with Crippen LogP contribution < -0.4 is 4.90 Å². The fourth-order valence-corrected chi connectivity index (χ4v) is 3.94. The number of carbonyl (C=O) groups is 2. The first kappa shape index (κ1) is 12.8. The van der Waals surface area contributed by atoms with Crippen molar-refractivity contribution in [3.63, 3.8) is 0 Å². The number of hydrogen-bond donors (Lipinski definition) is 0. The standard InChI is InChI=1S/C15H15N3O2S/c19-14-5-7-17(15(20)12-2-1-6-18(12)14)10-3-4-11-13(8-10)21-9-16-11/h3-4,8-9,12H,1-2,5-7H2. The normalized spacial score (nSPS) is 22.8. The maximum absolute atomic E-state index is 12.8. The molecular formula is C15H15N3O2S. The second-order valence-electron chi connectivity index (χ2n) is 5.49. The molecule has 1 atom stereocenters. The Kier molecular flexibility index (Phi) is 2.92. The van der Waals surface area contributed by atoms with Crippen molar-refractivity contribution in [2.45, 2.75) is 25.3 Å². The van der Waals surface area contributed by atoms with Crippen molar-refractivity contribution in [3.8, 4) is 0 Å². The molecule has 2 aliphatic rings. The molecule has 1 unspecified atom stereocenters. The van der Waals surface area contributed by atoms with Gasteiger partial charge in [-0.05, 0) is 31.0 Å². The van der Waals surface area contributed by atoms with Crippen molar-refractivity contribution in [1.29, 1.82) is 0 Å². The Bertz CT molecular complexity index is 727. The Morgan fingerprint density at radius 2 is 2.14 bits per heavy atom. The average Bonchev–Trinajstić information content (AvgIpc) is 3.13. The number of hydrogen-bond acceptors (Lipinski definition) is 4. The molecular weight excluding hydrogens is 286 g/mol. The van der Waals surface area contributed by atoms with Crippen molar-refractivity contribution in [2.75, 3.05) is 18.0 Å². The molecule has 1 aromatic heterocycles. The minimum absolute atomic E-state index is 0.0576. The van der Waals surface area contributed by atoms with Crippen LogP contribution in [0.5, 0.6) is 0 Å². The lowest BCUT2D eigenvalue weighted by molar-refractivity contribution is -0.135. The molecule has 5 nitrogen and oxygen atoms in total. The summed E-state index contributed by atoms with van der Waals surface area (Å²) >= 11 is 1.57. The predicted molar refractivity (Wildman–Crippen MR) is 81.3 cm³/mol. The molecule has 0 spiro atoms. The molecule has 6 heteroatoms. The average molecular weight is 301 g/mol.